The molecule has 0 aliphatic heterocycles. The molecular weight excluding hydrogens is 216 g/mol. The molecule has 0 radical (unpaired) electrons. The van der Waals surface area contributed by atoms with Gasteiger partial charge in [-0.05, 0) is 12.8 Å². The van der Waals surface area contributed by atoms with Gasteiger partial charge in [0.05, 0.1) is 12.6 Å². The minimum Gasteiger partial charge on any atom is -0.348 e. The van der Waals surface area contributed by atoms with Crippen LogP contribution in [0.4, 0.5) is 17.6 Å². The summed E-state index contributed by atoms with van der Waals surface area (Å²) in [5.74, 6) is -5.15. The highest BCUT2D eigenvalue weighted by Gasteiger charge is 2.51. The van der Waals surface area contributed by atoms with Crippen LogP contribution in [0.3, 0.4) is 0 Å². The first-order valence-electron chi connectivity index (χ1n) is 4.20. The monoisotopic (exact) mass is 224 g/mol. The fourth-order valence-corrected chi connectivity index (χ4v) is 0.959. The lowest BCUT2D eigenvalue weighted by atomic mass is 10.1. The van der Waals surface area contributed by atoms with Gasteiger partial charge < -0.3 is 5.32 Å². The van der Waals surface area contributed by atoms with Crippen molar-refractivity contribution in [1.82, 2.24) is 5.32 Å². The van der Waals surface area contributed by atoms with Crippen LogP contribution in [-0.2, 0) is 4.79 Å². The van der Waals surface area contributed by atoms with Gasteiger partial charge in [-0.25, -0.2) is 8.78 Å². The van der Waals surface area contributed by atoms with E-state index in [4.69, 9.17) is 5.26 Å². The Bertz CT molecular complexity index is 306. The van der Waals surface area contributed by atoms with Crippen molar-refractivity contribution in [2.24, 2.45) is 5.41 Å². The van der Waals surface area contributed by atoms with Crippen LogP contribution in [0.15, 0.2) is 0 Å². The molecule has 0 aromatic carbocycles. The molecule has 0 atom stereocenters. The summed E-state index contributed by atoms with van der Waals surface area (Å²) in [7, 11) is 0. The summed E-state index contributed by atoms with van der Waals surface area (Å²) in [6, 6.07) is 1.67. The Morgan fingerprint density at radius 2 is 2.07 bits per heavy atom. The van der Waals surface area contributed by atoms with Crippen LogP contribution < -0.4 is 5.32 Å². The second kappa shape index (κ2) is 3.68. The van der Waals surface area contributed by atoms with E-state index in [1.54, 1.807) is 11.4 Å². The number of hydrogen-bond acceptors (Lipinski definition) is 2. The van der Waals surface area contributed by atoms with Crippen molar-refractivity contribution >= 4 is 5.91 Å². The van der Waals surface area contributed by atoms with Crippen molar-refractivity contribution in [2.75, 3.05) is 6.54 Å². The zero-order chi connectivity index (χ0) is 11.7. The van der Waals surface area contributed by atoms with Crippen LogP contribution in [0.2, 0.25) is 0 Å². The van der Waals surface area contributed by atoms with Crippen LogP contribution >= 0.6 is 0 Å². The summed E-state index contributed by atoms with van der Waals surface area (Å²) in [6.45, 7) is -1.44. The quantitative estimate of drug-likeness (QED) is 0.732. The van der Waals surface area contributed by atoms with Crippen molar-refractivity contribution in [3.05, 3.63) is 0 Å². The summed E-state index contributed by atoms with van der Waals surface area (Å²) in [5.41, 5.74) is -1.27. The van der Waals surface area contributed by atoms with Gasteiger partial charge in [-0.15, -0.1) is 0 Å². The molecule has 0 aromatic rings. The molecule has 0 heterocycles. The highest BCUT2D eigenvalue weighted by Crippen LogP contribution is 2.45. The second-order valence-electron chi connectivity index (χ2n) is 3.44. The van der Waals surface area contributed by atoms with Gasteiger partial charge in [0, 0.05) is 0 Å². The van der Waals surface area contributed by atoms with Crippen molar-refractivity contribution in [3.63, 3.8) is 0 Å². The van der Waals surface area contributed by atoms with Gasteiger partial charge in [0.2, 0.25) is 5.91 Å². The van der Waals surface area contributed by atoms with Crippen LogP contribution in [0.1, 0.15) is 12.8 Å². The fraction of sp³-hybridized carbons (Fsp3) is 0.750. The lowest BCUT2D eigenvalue weighted by molar-refractivity contribution is -0.138. The number of nitrogens with zero attached hydrogens (tertiary/aromatic N) is 1. The van der Waals surface area contributed by atoms with Gasteiger partial charge in [0.1, 0.15) is 5.41 Å². The van der Waals surface area contributed by atoms with Crippen LogP contribution in [0, 0.1) is 16.7 Å². The fourth-order valence-electron chi connectivity index (χ4n) is 0.959. The smallest absolute Gasteiger partial charge is 0.324 e. The molecule has 1 aliphatic carbocycles. The topological polar surface area (TPSA) is 52.9 Å². The van der Waals surface area contributed by atoms with Crippen molar-refractivity contribution in [1.29, 1.82) is 5.26 Å². The van der Waals surface area contributed by atoms with Gasteiger partial charge in [-0.3, -0.25) is 4.79 Å². The number of rotatable bonds is 4. The highest BCUT2D eigenvalue weighted by atomic mass is 19.3. The molecule has 84 valence electrons. The number of alkyl halides is 4. The molecule has 1 rings (SSSR count). The third-order valence-corrected chi connectivity index (χ3v) is 2.20. The zero-order valence-corrected chi connectivity index (χ0v) is 7.57. The molecule has 0 spiro atoms. The van der Waals surface area contributed by atoms with Gasteiger partial charge in [0.15, 0.2) is 0 Å². The van der Waals surface area contributed by atoms with E-state index in [0.29, 0.717) is 0 Å². The maximum atomic E-state index is 12.4. The maximum Gasteiger partial charge on any atom is 0.324 e. The molecule has 0 aromatic heterocycles. The molecule has 7 heteroatoms. The minimum absolute atomic E-state index is 0.287. The Morgan fingerprint density at radius 3 is 2.40 bits per heavy atom. The summed E-state index contributed by atoms with van der Waals surface area (Å²) >= 11 is 0. The SMILES string of the molecule is N#CC1(C(=O)NCC(F)(F)C(F)F)CC1. The van der Waals surface area contributed by atoms with Gasteiger partial charge >= 0.3 is 12.3 Å². The zero-order valence-electron chi connectivity index (χ0n) is 7.57. The molecule has 1 fully saturated rings. The summed E-state index contributed by atoms with van der Waals surface area (Å²) in [5, 5.41) is 10.2. The first-order chi connectivity index (χ1) is 6.84. The highest BCUT2D eigenvalue weighted by molar-refractivity contribution is 5.88. The standard InChI is InChI=1S/C8H8F4N2O/c9-5(10)8(11,12)4-14-6(15)7(3-13)1-2-7/h5H,1-2,4H2,(H,14,15). The van der Waals surface area contributed by atoms with Crippen molar-refractivity contribution < 1.29 is 22.4 Å². The van der Waals surface area contributed by atoms with Gasteiger partial charge in [-0.2, -0.15) is 14.0 Å². The lowest BCUT2D eigenvalue weighted by Gasteiger charge is -2.16. The van der Waals surface area contributed by atoms with E-state index in [9.17, 15) is 22.4 Å². The Balaban J connectivity index is 2.45. The Hall–Kier alpha value is -1.32. The summed E-state index contributed by atoms with van der Waals surface area (Å²) < 4.78 is 48.1. The molecule has 15 heavy (non-hydrogen) atoms. The molecule has 1 saturated carbocycles. The molecule has 1 N–H and O–H groups in total. The molecule has 0 bridgehead atoms. The molecule has 1 aliphatic rings. The largest absolute Gasteiger partial charge is 0.348 e. The van der Waals surface area contributed by atoms with Crippen molar-refractivity contribution in [2.45, 2.75) is 25.2 Å². The van der Waals surface area contributed by atoms with E-state index < -0.39 is 30.2 Å². The predicted molar refractivity (Wildman–Crippen MR) is 41.2 cm³/mol. The van der Waals surface area contributed by atoms with E-state index in [-0.39, 0.29) is 12.8 Å². The minimum atomic E-state index is -4.25. The molecule has 0 saturated heterocycles. The molecule has 0 unspecified atom stereocenters. The number of carbonyl (C=O) groups is 1. The Kier molecular flexibility index (Phi) is 2.88. The van der Waals surface area contributed by atoms with Crippen molar-refractivity contribution in [3.8, 4) is 6.07 Å². The van der Waals surface area contributed by atoms with Crippen LogP contribution in [-0.4, -0.2) is 24.8 Å². The maximum absolute atomic E-state index is 12.4. The molecule has 1 amide bonds. The summed E-state index contributed by atoms with van der Waals surface area (Å²) in [6.07, 6.45) is -3.25. The van der Waals surface area contributed by atoms with E-state index in [0.717, 1.165) is 0 Å². The number of nitriles is 1. The second-order valence-corrected chi connectivity index (χ2v) is 3.44. The van der Waals surface area contributed by atoms with E-state index in [1.165, 1.54) is 0 Å². The number of hydrogen-bond donors (Lipinski definition) is 1. The third-order valence-electron chi connectivity index (χ3n) is 2.20. The third kappa shape index (κ3) is 2.37. The van der Waals surface area contributed by atoms with Gasteiger partial charge in [-0.1, -0.05) is 0 Å². The Labute approximate surface area is 83.1 Å². The van der Waals surface area contributed by atoms with E-state index >= 15 is 0 Å². The van der Waals surface area contributed by atoms with Gasteiger partial charge in [0.25, 0.3) is 0 Å². The van der Waals surface area contributed by atoms with Crippen LogP contribution in [0.5, 0.6) is 0 Å². The number of amides is 1. The average Bonchev–Trinajstić information content (AvgIpc) is 2.94. The molecule has 3 nitrogen and oxygen atoms in total. The van der Waals surface area contributed by atoms with E-state index in [1.807, 2.05) is 0 Å². The first kappa shape index (κ1) is 11.8. The summed E-state index contributed by atoms with van der Waals surface area (Å²) in [4.78, 5) is 11.1. The first-order valence-corrected chi connectivity index (χ1v) is 4.20. The van der Waals surface area contributed by atoms with Crippen LogP contribution in [0.25, 0.3) is 0 Å². The molecular formula is C8H8F4N2O. The van der Waals surface area contributed by atoms with E-state index in [2.05, 4.69) is 0 Å². The normalized spacial score (nSPS) is 18.4. The average molecular weight is 224 g/mol. The number of nitrogens with one attached hydrogen (secondary N) is 1. The number of carbonyl (C=O) groups excluding carboxylic acids is 1. The predicted octanol–water partition coefficient (Wildman–Crippen LogP) is 1.31. The number of halogens is 4. The lowest BCUT2D eigenvalue weighted by Crippen LogP contribution is -2.43. The Morgan fingerprint density at radius 1 is 1.53 bits per heavy atom.